The van der Waals surface area contributed by atoms with Crippen molar-refractivity contribution < 1.29 is 14.3 Å². The van der Waals surface area contributed by atoms with E-state index in [-0.39, 0.29) is 18.3 Å². The number of hydrogen-bond donors (Lipinski definition) is 1. The predicted molar refractivity (Wildman–Crippen MR) is 117 cm³/mol. The number of rotatable bonds is 10. The quantitative estimate of drug-likeness (QED) is 0.588. The standard InChI is InChI=1S/C22H36N2O3.ClH/c1-17-6-10-19(11-7-17)23-22(25)13-9-18-8-12-20(21(16-18)26-4)27-15-5-14-24(2)3;/h8,12,16-17,19H,5-7,9-11,13-15H2,1-4H3,(H,23,25);1H. The molecule has 6 heteroatoms. The van der Waals surface area contributed by atoms with Crippen molar-refractivity contribution in [3.63, 3.8) is 0 Å². The molecule has 0 aliphatic heterocycles. The van der Waals surface area contributed by atoms with Crippen LogP contribution in [0.25, 0.3) is 0 Å². The fraction of sp³-hybridized carbons (Fsp3) is 0.682. The van der Waals surface area contributed by atoms with Gasteiger partial charge in [-0.25, -0.2) is 0 Å². The third-order valence-electron chi connectivity index (χ3n) is 5.26. The largest absolute Gasteiger partial charge is 0.493 e. The fourth-order valence-electron chi connectivity index (χ4n) is 3.51. The van der Waals surface area contributed by atoms with Crippen LogP contribution in [0, 0.1) is 5.92 Å². The zero-order chi connectivity index (χ0) is 19.6. The van der Waals surface area contributed by atoms with E-state index in [2.05, 4.69) is 31.2 Å². The second kappa shape index (κ2) is 12.9. The number of amides is 1. The second-order valence-electron chi connectivity index (χ2n) is 8.01. The third-order valence-corrected chi connectivity index (χ3v) is 5.26. The summed E-state index contributed by atoms with van der Waals surface area (Å²) in [5.41, 5.74) is 1.10. The molecule has 1 aromatic carbocycles. The van der Waals surface area contributed by atoms with Crippen molar-refractivity contribution in [2.75, 3.05) is 34.4 Å². The molecule has 1 aliphatic rings. The first-order valence-electron chi connectivity index (χ1n) is 10.2. The summed E-state index contributed by atoms with van der Waals surface area (Å²) in [5.74, 6) is 2.45. The summed E-state index contributed by atoms with van der Waals surface area (Å²) in [6.07, 6.45) is 6.86. The van der Waals surface area contributed by atoms with Crippen LogP contribution in [-0.4, -0.2) is 51.2 Å². The van der Waals surface area contributed by atoms with Crippen LogP contribution in [0.3, 0.4) is 0 Å². The Labute approximate surface area is 176 Å². The summed E-state index contributed by atoms with van der Waals surface area (Å²) >= 11 is 0. The minimum absolute atomic E-state index is 0. The van der Waals surface area contributed by atoms with Crippen molar-refractivity contribution in [3.8, 4) is 11.5 Å². The minimum atomic E-state index is 0. The highest BCUT2D eigenvalue weighted by atomic mass is 35.5. The predicted octanol–water partition coefficient (Wildman–Crippen LogP) is 4.08. The zero-order valence-electron chi connectivity index (χ0n) is 17.8. The Hall–Kier alpha value is -1.46. The van der Waals surface area contributed by atoms with E-state index in [0.29, 0.717) is 25.5 Å². The number of nitrogens with one attached hydrogen (secondary N) is 1. The van der Waals surface area contributed by atoms with Crippen LogP contribution >= 0.6 is 12.4 Å². The highest BCUT2D eigenvalue weighted by molar-refractivity contribution is 5.85. The van der Waals surface area contributed by atoms with E-state index in [1.54, 1.807) is 7.11 Å². The summed E-state index contributed by atoms with van der Waals surface area (Å²) in [6, 6.07) is 6.32. The van der Waals surface area contributed by atoms with Gasteiger partial charge < -0.3 is 19.7 Å². The molecule has 0 spiro atoms. The lowest BCUT2D eigenvalue weighted by atomic mass is 9.87. The Bertz CT molecular complexity index is 587. The third kappa shape index (κ3) is 8.70. The lowest BCUT2D eigenvalue weighted by molar-refractivity contribution is -0.122. The highest BCUT2D eigenvalue weighted by Gasteiger charge is 2.19. The Morgan fingerprint density at radius 3 is 2.54 bits per heavy atom. The summed E-state index contributed by atoms with van der Waals surface area (Å²) < 4.78 is 11.3. The number of ether oxygens (including phenoxy) is 2. The summed E-state index contributed by atoms with van der Waals surface area (Å²) in [4.78, 5) is 14.4. The van der Waals surface area contributed by atoms with Crippen molar-refractivity contribution in [1.82, 2.24) is 10.2 Å². The smallest absolute Gasteiger partial charge is 0.220 e. The van der Waals surface area contributed by atoms with Crippen LogP contribution in [0.1, 0.15) is 51.0 Å². The van der Waals surface area contributed by atoms with E-state index in [1.165, 1.54) is 12.8 Å². The van der Waals surface area contributed by atoms with Crippen LogP contribution in [0.5, 0.6) is 11.5 Å². The number of carbonyl (C=O) groups excluding carboxylic acids is 1. The maximum Gasteiger partial charge on any atom is 0.220 e. The van der Waals surface area contributed by atoms with Crippen molar-refractivity contribution in [1.29, 1.82) is 0 Å². The lowest BCUT2D eigenvalue weighted by Crippen LogP contribution is -2.37. The highest BCUT2D eigenvalue weighted by Crippen LogP contribution is 2.29. The molecule has 1 aliphatic carbocycles. The van der Waals surface area contributed by atoms with Gasteiger partial charge >= 0.3 is 0 Å². The molecule has 0 heterocycles. The van der Waals surface area contributed by atoms with E-state index >= 15 is 0 Å². The molecule has 2 rings (SSSR count). The van der Waals surface area contributed by atoms with E-state index in [9.17, 15) is 4.79 Å². The average molecular weight is 413 g/mol. The molecular formula is C22H37ClN2O3. The summed E-state index contributed by atoms with van der Waals surface area (Å²) in [5, 5.41) is 3.19. The number of aryl methyl sites for hydroxylation is 1. The SMILES string of the molecule is COc1cc(CCC(=O)NC2CCC(C)CC2)ccc1OCCCN(C)C.Cl. The van der Waals surface area contributed by atoms with Crippen LogP contribution < -0.4 is 14.8 Å². The van der Waals surface area contributed by atoms with Crippen molar-refractivity contribution in [2.24, 2.45) is 5.92 Å². The first kappa shape index (κ1) is 24.6. The number of halogens is 1. The van der Waals surface area contributed by atoms with Crippen LogP contribution in [0.2, 0.25) is 0 Å². The van der Waals surface area contributed by atoms with Gasteiger partial charge in [-0.3, -0.25) is 4.79 Å². The molecule has 1 aromatic rings. The van der Waals surface area contributed by atoms with Gasteiger partial charge in [-0.2, -0.15) is 0 Å². The number of nitrogens with zero attached hydrogens (tertiary/aromatic N) is 1. The molecule has 0 bridgehead atoms. The minimum Gasteiger partial charge on any atom is -0.493 e. The fourth-order valence-corrected chi connectivity index (χ4v) is 3.51. The molecule has 1 N–H and O–H groups in total. The van der Waals surface area contributed by atoms with Crippen molar-refractivity contribution in [3.05, 3.63) is 23.8 Å². The second-order valence-corrected chi connectivity index (χ2v) is 8.01. The van der Waals surface area contributed by atoms with Gasteiger partial charge in [0.25, 0.3) is 0 Å². The van der Waals surface area contributed by atoms with Gasteiger partial charge in [0.05, 0.1) is 13.7 Å². The maximum absolute atomic E-state index is 12.2. The first-order valence-corrected chi connectivity index (χ1v) is 10.2. The Balaban J connectivity index is 0.00000392. The number of benzene rings is 1. The van der Waals surface area contributed by atoms with E-state index in [4.69, 9.17) is 9.47 Å². The van der Waals surface area contributed by atoms with E-state index in [0.717, 1.165) is 48.8 Å². The topological polar surface area (TPSA) is 50.8 Å². The van der Waals surface area contributed by atoms with E-state index < -0.39 is 0 Å². The Morgan fingerprint density at radius 1 is 1.18 bits per heavy atom. The molecule has 0 atom stereocenters. The van der Waals surface area contributed by atoms with Gasteiger partial charge in [0, 0.05) is 19.0 Å². The average Bonchev–Trinajstić information content (AvgIpc) is 2.65. The molecule has 5 nitrogen and oxygen atoms in total. The van der Waals surface area contributed by atoms with Gasteiger partial charge in [0.1, 0.15) is 0 Å². The molecule has 0 radical (unpaired) electrons. The number of hydrogen-bond acceptors (Lipinski definition) is 4. The van der Waals surface area contributed by atoms with Crippen LogP contribution in [0.4, 0.5) is 0 Å². The molecule has 0 saturated heterocycles. The molecular weight excluding hydrogens is 376 g/mol. The van der Waals surface area contributed by atoms with Gasteiger partial charge in [-0.05, 0) is 76.2 Å². The van der Waals surface area contributed by atoms with Crippen molar-refractivity contribution >= 4 is 18.3 Å². The number of carbonyl (C=O) groups is 1. The summed E-state index contributed by atoms with van der Waals surface area (Å²) in [7, 11) is 5.77. The molecule has 28 heavy (non-hydrogen) atoms. The number of methoxy groups -OCH3 is 1. The van der Waals surface area contributed by atoms with Gasteiger partial charge in [0.15, 0.2) is 11.5 Å². The van der Waals surface area contributed by atoms with E-state index in [1.807, 2.05) is 18.2 Å². The molecule has 160 valence electrons. The summed E-state index contributed by atoms with van der Waals surface area (Å²) in [6.45, 7) is 3.95. The van der Waals surface area contributed by atoms with Crippen LogP contribution in [-0.2, 0) is 11.2 Å². The molecule has 1 fully saturated rings. The van der Waals surface area contributed by atoms with Gasteiger partial charge in [-0.15, -0.1) is 12.4 Å². The first-order chi connectivity index (χ1) is 13.0. The maximum atomic E-state index is 12.2. The monoisotopic (exact) mass is 412 g/mol. The normalized spacial score (nSPS) is 19.0. The lowest BCUT2D eigenvalue weighted by Gasteiger charge is -2.26. The van der Waals surface area contributed by atoms with Crippen molar-refractivity contribution in [2.45, 2.75) is 57.9 Å². The Morgan fingerprint density at radius 2 is 1.89 bits per heavy atom. The zero-order valence-corrected chi connectivity index (χ0v) is 18.6. The Kier molecular flexibility index (Phi) is 11.3. The van der Waals surface area contributed by atoms with Gasteiger partial charge in [0.2, 0.25) is 5.91 Å². The van der Waals surface area contributed by atoms with Gasteiger partial charge in [-0.1, -0.05) is 13.0 Å². The molecule has 1 saturated carbocycles. The molecule has 1 amide bonds. The molecule has 0 aromatic heterocycles. The van der Waals surface area contributed by atoms with Crippen LogP contribution in [0.15, 0.2) is 18.2 Å². The molecule has 0 unspecified atom stereocenters.